The van der Waals surface area contributed by atoms with Gasteiger partial charge in [-0.1, -0.05) is 158 Å². The van der Waals surface area contributed by atoms with E-state index in [0.29, 0.717) is 11.3 Å². The zero-order valence-corrected chi connectivity index (χ0v) is 35.7. The van der Waals surface area contributed by atoms with Gasteiger partial charge in [0, 0.05) is 22.1 Å². The Kier molecular flexibility index (Phi) is 9.23. The lowest BCUT2D eigenvalue weighted by atomic mass is 9.91. The molecule has 306 valence electrons. The summed E-state index contributed by atoms with van der Waals surface area (Å²) >= 11 is 0. The van der Waals surface area contributed by atoms with Gasteiger partial charge >= 0.3 is 0 Å². The molecular weight excluding hydrogens is 801 g/mol. The van der Waals surface area contributed by atoms with Crippen LogP contribution in [0.5, 0.6) is 0 Å². The monoisotopic (exact) mass is 838 g/mol. The van der Waals surface area contributed by atoms with Crippen molar-refractivity contribution in [1.29, 1.82) is 5.26 Å². The number of benzene rings is 12. The summed E-state index contributed by atoms with van der Waals surface area (Å²) in [5, 5.41) is 22.2. The average Bonchev–Trinajstić information content (AvgIpc) is 3.39. The summed E-state index contributed by atoms with van der Waals surface area (Å²) in [5.74, 6) is 0. The van der Waals surface area contributed by atoms with Crippen LogP contribution in [0.15, 0.2) is 231 Å². The van der Waals surface area contributed by atoms with Crippen molar-refractivity contribution in [2.45, 2.75) is 0 Å². The standard InChI is InChI=1S/C62H38N4/c1-64-56-39-50(48-23-21-42-13-9-11-15-46(42)37-48)29-35-60(56)66(53-18-6-3-7-19-53)59-34-27-44-24-30-54-58(33-26-43-25-31-55(59)62(44)61(43)54)65(52-16-4-2-5-17-52)57-32-28-49(38-51(57)40-63)47-22-20-41-12-8-10-14-45(41)36-47/h2-39H. The molecule has 0 radical (unpaired) electrons. The second-order valence-electron chi connectivity index (χ2n) is 16.7. The van der Waals surface area contributed by atoms with Crippen molar-refractivity contribution in [3.63, 3.8) is 0 Å². The molecule has 0 aliphatic rings. The minimum Gasteiger partial charge on any atom is -0.320 e. The fourth-order valence-corrected chi connectivity index (χ4v) is 9.85. The molecule has 12 aromatic rings. The number of hydrogen-bond acceptors (Lipinski definition) is 3. The van der Waals surface area contributed by atoms with E-state index in [1.807, 2.05) is 48.5 Å². The van der Waals surface area contributed by atoms with Gasteiger partial charge in [0.05, 0.1) is 34.9 Å². The number of rotatable bonds is 8. The quantitative estimate of drug-likeness (QED) is 0.113. The maximum absolute atomic E-state index is 10.9. The van der Waals surface area contributed by atoms with Crippen molar-refractivity contribution in [3.8, 4) is 28.3 Å². The van der Waals surface area contributed by atoms with Gasteiger partial charge in [0.1, 0.15) is 6.07 Å². The predicted octanol–water partition coefficient (Wildman–Crippen LogP) is 17.6. The number of anilines is 6. The Balaban J connectivity index is 1.03. The highest BCUT2D eigenvalue weighted by molar-refractivity contribution is 6.28. The number of fused-ring (bicyclic) bond motifs is 2. The Morgan fingerprint density at radius 2 is 0.742 bits per heavy atom. The molecule has 12 rings (SSSR count). The third kappa shape index (κ3) is 6.45. The van der Waals surface area contributed by atoms with Gasteiger partial charge in [-0.2, -0.15) is 5.26 Å². The van der Waals surface area contributed by atoms with Crippen LogP contribution in [0.1, 0.15) is 5.56 Å². The van der Waals surface area contributed by atoms with Crippen molar-refractivity contribution in [2.24, 2.45) is 0 Å². The molecule has 0 unspecified atom stereocenters. The molecule has 0 N–H and O–H groups in total. The zero-order valence-electron chi connectivity index (χ0n) is 35.7. The van der Waals surface area contributed by atoms with Crippen LogP contribution in [-0.4, -0.2) is 0 Å². The Bertz CT molecular complexity index is 3660. The van der Waals surface area contributed by atoms with E-state index in [0.717, 1.165) is 94.1 Å². The summed E-state index contributed by atoms with van der Waals surface area (Å²) in [7, 11) is 0. The molecule has 12 aromatic carbocycles. The van der Waals surface area contributed by atoms with Gasteiger partial charge in [0.25, 0.3) is 0 Å². The van der Waals surface area contributed by atoms with Crippen molar-refractivity contribution in [3.05, 3.63) is 248 Å². The molecule has 0 aliphatic heterocycles. The lowest BCUT2D eigenvalue weighted by molar-refractivity contribution is 1.28. The lowest BCUT2D eigenvalue weighted by Crippen LogP contribution is -2.12. The lowest BCUT2D eigenvalue weighted by Gasteiger charge is -2.30. The Morgan fingerprint density at radius 3 is 1.26 bits per heavy atom. The normalized spacial score (nSPS) is 11.3. The summed E-state index contributed by atoms with van der Waals surface area (Å²) in [6.45, 7) is 8.52. The van der Waals surface area contributed by atoms with E-state index < -0.39 is 0 Å². The molecule has 0 bridgehead atoms. The van der Waals surface area contributed by atoms with Crippen LogP contribution < -0.4 is 9.80 Å². The first kappa shape index (κ1) is 38.5. The first-order valence-electron chi connectivity index (χ1n) is 22.1. The van der Waals surface area contributed by atoms with Crippen molar-refractivity contribution >= 4 is 93.7 Å². The fourth-order valence-electron chi connectivity index (χ4n) is 9.85. The highest BCUT2D eigenvalue weighted by Crippen LogP contribution is 2.50. The Morgan fingerprint density at radius 1 is 0.348 bits per heavy atom. The summed E-state index contributed by atoms with van der Waals surface area (Å²) in [6, 6.07) is 83.0. The molecule has 0 heterocycles. The summed E-state index contributed by atoms with van der Waals surface area (Å²) in [4.78, 5) is 8.63. The third-order valence-electron chi connectivity index (χ3n) is 13.0. The van der Waals surface area contributed by atoms with Gasteiger partial charge in [0.15, 0.2) is 0 Å². The van der Waals surface area contributed by atoms with E-state index in [1.165, 1.54) is 16.2 Å². The van der Waals surface area contributed by atoms with Crippen LogP contribution in [0, 0.1) is 17.9 Å². The molecule has 4 nitrogen and oxygen atoms in total. The van der Waals surface area contributed by atoms with Gasteiger partial charge in [0.2, 0.25) is 5.69 Å². The largest absolute Gasteiger partial charge is 0.320 e. The molecule has 0 spiro atoms. The average molecular weight is 839 g/mol. The molecule has 0 fully saturated rings. The molecule has 0 aliphatic carbocycles. The smallest absolute Gasteiger partial charge is 0.211 e. The van der Waals surface area contributed by atoms with Crippen molar-refractivity contribution < 1.29 is 0 Å². The van der Waals surface area contributed by atoms with Crippen molar-refractivity contribution in [1.82, 2.24) is 0 Å². The van der Waals surface area contributed by atoms with Crippen LogP contribution >= 0.6 is 0 Å². The molecule has 0 atom stereocenters. The topological polar surface area (TPSA) is 34.6 Å². The van der Waals surface area contributed by atoms with Crippen molar-refractivity contribution in [2.75, 3.05) is 9.80 Å². The van der Waals surface area contributed by atoms with Gasteiger partial charge in [-0.15, -0.1) is 0 Å². The first-order valence-corrected chi connectivity index (χ1v) is 22.1. The fraction of sp³-hybridized carbons (Fsp3) is 0. The molecule has 0 aromatic heterocycles. The molecule has 66 heavy (non-hydrogen) atoms. The number of nitriles is 1. The number of para-hydroxylation sites is 2. The van der Waals surface area contributed by atoms with E-state index in [2.05, 4.69) is 203 Å². The maximum atomic E-state index is 10.9. The highest BCUT2D eigenvalue weighted by atomic mass is 15.2. The van der Waals surface area contributed by atoms with Gasteiger partial charge in [-0.05, 0) is 138 Å². The molecule has 0 saturated carbocycles. The van der Waals surface area contributed by atoms with E-state index in [4.69, 9.17) is 6.57 Å². The Hall–Kier alpha value is -9.22. The predicted molar refractivity (Wildman–Crippen MR) is 276 cm³/mol. The van der Waals surface area contributed by atoms with Gasteiger partial charge < -0.3 is 9.80 Å². The molecule has 0 amide bonds. The van der Waals surface area contributed by atoms with E-state index in [-0.39, 0.29) is 0 Å². The molecule has 0 saturated heterocycles. The zero-order chi connectivity index (χ0) is 44.1. The summed E-state index contributed by atoms with van der Waals surface area (Å²) in [6.07, 6.45) is 0. The van der Waals surface area contributed by atoms with Crippen LogP contribution in [-0.2, 0) is 0 Å². The maximum Gasteiger partial charge on any atom is 0.211 e. The van der Waals surface area contributed by atoms with E-state index in [9.17, 15) is 5.26 Å². The minimum absolute atomic E-state index is 0.566. The highest BCUT2D eigenvalue weighted by Gasteiger charge is 2.24. The summed E-state index contributed by atoms with van der Waals surface area (Å²) in [5.41, 5.74) is 10.8. The van der Waals surface area contributed by atoms with Crippen LogP contribution in [0.25, 0.3) is 81.0 Å². The van der Waals surface area contributed by atoms with Crippen LogP contribution in [0.4, 0.5) is 39.8 Å². The van der Waals surface area contributed by atoms with E-state index in [1.54, 1.807) is 0 Å². The first-order chi connectivity index (χ1) is 32.6. The Labute approximate surface area is 382 Å². The van der Waals surface area contributed by atoms with E-state index >= 15 is 0 Å². The third-order valence-corrected chi connectivity index (χ3v) is 13.0. The van der Waals surface area contributed by atoms with Gasteiger partial charge in [-0.25, -0.2) is 4.85 Å². The summed E-state index contributed by atoms with van der Waals surface area (Å²) < 4.78 is 0. The number of hydrogen-bond donors (Lipinski definition) is 0. The second kappa shape index (κ2) is 15.8. The number of nitrogens with zero attached hydrogens (tertiary/aromatic N) is 4. The van der Waals surface area contributed by atoms with Crippen LogP contribution in [0.2, 0.25) is 0 Å². The minimum atomic E-state index is 0.566. The SMILES string of the molecule is [C-]#[N+]c1cc(-c2ccc3ccccc3c2)ccc1N(c1ccccc1)c1ccc2ccc3c(N(c4ccccc4)c4ccc(-c5ccc6ccccc6c5)cc4C#N)ccc4ccc1c2c43. The second-order valence-corrected chi connectivity index (χ2v) is 16.7. The molecular formula is C62H38N4. The van der Waals surface area contributed by atoms with Crippen LogP contribution in [0.3, 0.4) is 0 Å². The molecule has 4 heteroatoms. The van der Waals surface area contributed by atoms with Gasteiger partial charge in [-0.3, -0.25) is 0 Å².